The molecule has 0 unspecified atom stereocenters. The summed E-state index contributed by atoms with van der Waals surface area (Å²) in [6.07, 6.45) is -4.68. The summed E-state index contributed by atoms with van der Waals surface area (Å²) in [5, 5.41) is 16.2. The number of aryl methyl sites for hydroxylation is 2. The molecule has 0 fully saturated rings. The van der Waals surface area contributed by atoms with E-state index in [1.807, 2.05) is 89.2 Å². The first-order valence-corrected chi connectivity index (χ1v) is 15.7. The number of benzene rings is 4. The molecule has 0 aromatic heterocycles. The van der Waals surface area contributed by atoms with Gasteiger partial charge in [0, 0.05) is 30.9 Å². The zero-order valence-electron chi connectivity index (χ0n) is 27.8. The lowest BCUT2D eigenvalue weighted by Gasteiger charge is -2.26. The molecule has 0 heterocycles. The molecule has 4 aromatic carbocycles. The minimum absolute atomic E-state index is 0.103. The smallest absolute Gasteiger partial charge is 0.380 e. The van der Waals surface area contributed by atoms with Crippen LogP contribution in [0.1, 0.15) is 58.9 Å². The highest BCUT2D eigenvalue weighted by molar-refractivity contribution is 6.01. The largest absolute Gasteiger partial charge is 0.416 e. The third kappa shape index (κ3) is 10.3. The second kappa shape index (κ2) is 15.3. The molecule has 0 aliphatic rings. The molecule has 4 rings (SSSR count). The van der Waals surface area contributed by atoms with Crippen molar-refractivity contribution in [2.24, 2.45) is 0 Å². The van der Waals surface area contributed by atoms with Crippen LogP contribution in [-0.2, 0) is 28.9 Å². The summed E-state index contributed by atoms with van der Waals surface area (Å²) in [5.41, 5.74) is 2.47. The van der Waals surface area contributed by atoms with Gasteiger partial charge in [-0.1, -0.05) is 60.2 Å². The van der Waals surface area contributed by atoms with Crippen LogP contribution in [0.25, 0.3) is 10.8 Å². The Balaban J connectivity index is 1.43. The highest BCUT2D eigenvalue weighted by Crippen LogP contribution is 2.32. The summed E-state index contributed by atoms with van der Waals surface area (Å²) >= 11 is 0. The number of rotatable bonds is 12. The van der Waals surface area contributed by atoms with Gasteiger partial charge in [0.05, 0.1) is 17.7 Å². The average Bonchev–Trinajstić information content (AvgIpc) is 3.01. The van der Waals surface area contributed by atoms with Crippen LogP contribution in [-0.4, -0.2) is 42.4 Å². The minimum Gasteiger partial charge on any atom is -0.380 e. The summed E-state index contributed by atoms with van der Waals surface area (Å²) in [6.45, 7) is 9.68. The van der Waals surface area contributed by atoms with E-state index in [0.29, 0.717) is 6.54 Å². The Labute approximate surface area is 278 Å². The summed E-state index contributed by atoms with van der Waals surface area (Å²) in [7, 11) is 0. The van der Waals surface area contributed by atoms with Crippen molar-refractivity contribution in [1.82, 2.24) is 21.3 Å². The van der Waals surface area contributed by atoms with Crippen molar-refractivity contribution in [1.29, 1.82) is 0 Å². The maximum Gasteiger partial charge on any atom is 0.416 e. The highest BCUT2D eigenvalue weighted by Gasteiger charge is 2.32. The number of alkyl halides is 3. The lowest BCUT2D eigenvalue weighted by molar-refractivity contribution is -0.137. The second-order valence-electron chi connectivity index (χ2n) is 12.9. The molecule has 0 spiro atoms. The Kier molecular flexibility index (Phi) is 11.5. The first-order valence-electron chi connectivity index (χ1n) is 15.7. The van der Waals surface area contributed by atoms with E-state index in [1.54, 1.807) is 0 Å². The van der Waals surface area contributed by atoms with Crippen molar-refractivity contribution < 1.29 is 27.6 Å². The van der Waals surface area contributed by atoms with Gasteiger partial charge in [-0.25, -0.2) is 0 Å². The zero-order valence-corrected chi connectivity index (χ0v) is 27.8. The van der Waals surface area contributed by atoms with Gasteiger partial charge in [-0.05, 0) is 86.3 Å². The molecule has 0 aliphatic carbocycles. The van der Waals surface area contributed by atoms with Gasteiger partial charge in [-0.2, -0.15) is 13.2 Å². The Bertz CT molecular complexity index is 1780. The molecular weight excluding hydrogens is 619 g/mol. The van der Waals surface area contributed by atoms with Crippen molar-refractivity contribution in [2.45, 2.75) is 65.5 Å². The molecule has 254 valence electrons. The zero-order chi connectivity index (χ0) is 35.1. The van der Waals surface area contributed by atoms with Crippen LogP contribution >= 0.6 is 0 Å². The third-order valence-corrected chi connectivity index (χ3v) is 7.61. The standard InChI is InChI=1S/C37H42F3N5O3/c1-23-10-12-28(24(2)16-23)20-41-21-32(35(48)45-36(3,4)5)44-33(46)22-43-34(47)30-18-29(37(38,39)40)14-15-31(30)42-19-25-11-13-26-8-6-7-9-27(26)17-25/h6-18,32,41-42H,19-22H2,1-5H3,(H,43,47)(H,44,46)(H,45,48)/t32-/m0/s1. The fourth-order valence-corrected chi connectivity index (χ4v) is 5.17. The quantitative estimate of drug-likeness (QED) is 0.128. The number of fused-ring (bicyclic) bond motifs is 1. The molecule has 1 atom stereocenters. The Hall–Kier alpha value is -4.90. The monoisotopic (exact) mass is 661 g/mol. The van der Waals surface area contributed by atoms with E-state index in [9.17, 15) is 27.6 Å². The van der Waals surface area contributed by atoms with Crippen molar-refractivity contribution in [3.8, 4) is 0 Å². The first kappa shape index (κ1) is 35.9. The highest BCUT2D eigenvalue weighted by atomic mass is 19.4. The van der Waals surface area contributed by atoms with Crippen molar-refractivity contribution in [3.63, 3.8) is 0 Å². The maximum absolute atomic E-state index is 13.6. The van der Waals surface area contributed by atoms with Crippen LogP contribution in [0.5, 0.6) is 0 Å². The number of nitrogens with one attached hydrogen (secondary N) is 5. The van der Waals surface area contributed by atoms with Crippen LogP contribution in [0.4, 0.5) is 18.9 Å². The molecule has 0 aliphatic heterocycles. The molecule has 0 bridgehead atoms. The summed E-state index contributed by atoms with van der Waals surface area (Å²) in [6, 6.07) is 21.5. The number of carbonyl (C=O) groups excluding carboxylic acids is 3. The number of hydrogen-bond donors (Lipinski definition) is 5. The minimum atomic E-state index is -4.68. The molecular formula is C37H42F3N5O3. The normalized spacial score (nSPS) is 12.3. The van der Waals surface area contributed by atoms with Crippen LogP contribution in [0.3, 0.4) is 0 Å². The second-order valence-corrected chi connectivity index (χ2v) is 12.9. The third-order valence-electron chi connectivity index (χ3n) is 7.61. The van der Waals surface area contributed by atoms with Gasteiger partial charge in [0.2, 0.25) is 11.8 Å². The summed E-state index contributed by atoms with van der Waals surface area (Å²) < 4.78 is 40.8. The predicted molar refractivity (Wildman–Crippen MR) is 183 cm³/mol. The lowest BCUT2D eigenvalue weighted by atomic mass is 10.1. The van der Waals surface area contributed by atoms with Gasteiger partial charge in [0.15, 0.2) is 0 Å². The lowest BCUT2D eigenvalue weighted by Crippen LogP contribution is -2.56. The molecule has 48 heavy (non-hydrogen) atoms. The molecule has 0 saturated carbocycles. The van der Waals surface area contributed by atoms with Crippen molar-refractivity contribution >= 4 is 34.2 Å². The predicted octanol–water partition coefficient (Wildman–Crippen LogP) is 6.01. The topological polar surface area (TPSA) is 111 Å². The number of carbonyl (C=O) groups is 3. The fraction of sp³-hybridized carbons (Fsp3) is 0.324. The molecule has 5 N–H and O–H groups in total. The van der Waals surface area contributed by atoms with Crippen molar-refractivity contribution in [3.05, 3.63) is 112 Å². The average molecular weight is 662 g/mol. The molecule has 0 saturated heterocycles. The fourth-order valence-electron chi connectivity index (χ4n) is 5.17. The van der Waals surface area contributed by atoms with E-state index >= 15 is 0 Å². The van der Waals surface area contributed by atoms with Gasteiger partial charge in [0.1, 0.15) is 6.04 Å². The number of anilines is 1. The Morgan fingerprint density at radius 3 is 2.23 bits per heavy atom. The summed E-state index contributed by atoms with van der Waals surface area (Å²) in [5.74, 6) is -1.97. The van der Waals surface area contributed by atoms with E-state index in [-0.39, 0.29) is 24.3 Å². The van der Waals surface area contributed by atoms with Crippen LogP contribution in [0, 0.1) is 13.8 Å². The van der Waals surface area contributed by atoms with Crippen LogP contribution in [0.15, 0.2) is 78.9 Å². The van der Waals surface area contributed by atoms with E-state index in [2.05, 4.69) is 32.7 Å². The first-order chi connectivity index (χ1) is 22.6. The van der Waals surface area contributed by atoms with Gasteiger partial charge in [0.25, 0.3) is 5.91 Å². The molecule has 4 aromatic rings. The number of halogens is 3. The van der Waals surface area contributed by atoms with Gasteiger partial charge >= 0.3 is 6.18 Å². The van der Waals surface area contributed by atoms with Crippen molar-refractivity contribution in [2.75, 3.05) is 18.4 Å². The van der Waals surface area contributed by atoms with Gasteiger partial charge in [-0.3, -0.25) is 14.4 Å². The molecule has 11 heteroatoms. The Morgan fingerprint density at radius 2 is 1.54 bits per heavy atom. The molecule has 0 radical (unpaired) electrons. The van der Waals surface area contributed by atoms with E-state index in [4.69, 9.17) is 0 Å². The maximum atomic E-state index is 13.6. The van der Waals surface area contributed by atoms with E-state index < -0.39 is 47.6 Å². The number of amides is 3. The van der Waals surface area contributed by atoms with E-state index in [0.717, 1.165) is 45.2 Å². The van der Waals surface area contributed by atoms with Crippen LogP contribution < -0.4 is 26.6 Å². The summed E-state index contributed by atoms with van der Waals surface area (Å²) in [4.78, 5) is 39.3. The SMILES string of the molecule is Cc1ccc(CNC[C@H](NC(=O)CNC(=O)c2cc(C(F)(F)F)ccc2NCc2ccc3ccccc3c2)C(=O)NC(C)(C)C)c(C)c1. The van der Waals surface area contributed by atoms with E-state index in [1.165, 1.54) is 6.07 Å². The molecule has 8 nitrogen and oxygen atoms in total. The van der Waals surface area contributed by atoms with Gasteiger partial charge in [-0.15, -0.1) is 0 Å². The Morgan fingerprint density at radius 1 is 0.812 bits per heavy atom. The number of hydrogen-bond acceptors (Lipinski definition) is 5. The molecule has 3 amide bonds. The van der Waals surface area contributed by atoms with Gasteiger partial charge < -0.3 is 26.6 Å². The van der Waals surface area contributed by atoms with Crippen LogP contribution in [0.2, 0.25) is 0 Å².